The van der Waals surface area contributed by atoms with E-state index in [0.29, 0.717) is 13.0 Å². The molecule has 0 aromatic carbocycles. The quantitative estimate of drug-likeness (QED) is 0.770. The molecular formula is C13H22N2O3. The minimum Gasteiger partial charge on any atom is -0.390 e. The number of nitrogens with zero attached hydrogens (tertiary/aromatic N) is 2. The van der Waals surface area contributed by atoms with Gasteiger partial charge in [-0.2, -0.15) is 0 Å². The van der Waals surface area contributed by atoms with Gasteiger partial charge in [-0.1, -0.05) is 12.8 Å². The van der Waals surface area contributed by atoms with E-state index in [1.165, 1.54) is 4.90 Å². The first-order valence-electron chi connectivity index (χ1n) is 6.72. The molecule has 1 saturated heterocycles. The summed E-state index contributed by atoms with van der Waals surface area (Å²) in [6, 6.07) is 0.0738. The van der Waals surface area contributed by atoms with Crippen LogP contribution in [0.1, 0.15) is 46.0 Å². The molecule has 2 rings (SSSR count). The summed E-state index contributed by atoms with van der Waals surface area (Å²) in [5.41, 5.74) is -0.846. The molecule has 5 nitrogen and oxygen atoms in total. The third-order valence-corrected chi connectivity index (χ3v) is 3.80. The molecule has 1 aliphatic heterocycles. The zero-order valence-electron chi connectivity index (χ0n) is 11.2. The van der Waals surface area contributed by atoms with Crippen LogP contribution in [0.2, 0.25) is 0 Å². The van der Waals surface area contributed by atoms with Crippen molar-refractivity contribution in [2.45, 2.75) is 57.6 Å². The minimum absolute atomic E-state index is 0.129. The number of hydrogen-bond acceptors (Lipinski definition) is 3. The molecule has 1 N–H and O–H groups in total. The van der Waals surface area contributed by atoms with Crippen molar-refractivity contribution in [1.82, 2.24) is 9.80 Å². The minimum atomic E-state index is -0.846. The Morgan fingerprint density at radius 1 is 1.28 bits per heavy atom. The first kappa shape index (κ1) is 13.3. The van der Waals surface area contributed by atoms with Crippen LogP contribution in [0, 0.1) is 0 Å². The fourth-order valence-electron chi connectivity index (χ4n) is 2.67. The van der Waals surface area contributed by atoms with E-state index in [1.54, 1.807) is 18.7 Å². The summed E-state index contributed by atoms with van der Waals surface area (Å²) in [7, 11) is 0. The summed E-state index contributed by atoms with van der Waals surface area (Å²) in [5, 5.41) is 9.67. The second-order valence-electron chi connectivity index (χ2n) is 5.96. The van der Waals surface area contributed by atoms with Gasteiger partial charge in [-0.3, -0.25) is 9.69 Å². The third-order valence-electron chi connectivity index (χ3n) is 3.80. The molecule has 5 heteroatoms. The maximum Gasteiger partial charge on any atom is 0.327 e. The first-order chi connectivity index (χ1) is 8.38. The Kier molecular flexibility index (Phi) is 3.61. The van der Waals surface area contributed by atoms with Crippen LogP contribution in [-0.4, -0.2) is 51.6 Å². The molecule has 0 unspecified atom stereocenters. The molecular weight excluding hydrogens is 232 g/mol. The lowest BCUT2D eigenvalue weighted by Crippen LogP contribution is -2.39. The molecule has 1 aliphatic carbocycles. The van der Waals surface area contributed by atoms with Crippen molar-refractivity contribution < 1.29 is 14.7 Å². The van der Waals surface area contributed by atoms with E-state index in [-0.39, 0.29) is 24.5 Å². The lowest BCUT2D eigenvalue weighted by Gasteiger charge is -2.24. The van der Waals surface area contributed by atoms with Gasteiger partial charge in [-0.15, -0.1) is 0 Å². The normalized spacial score (nSPS) is 22.4. The Morgan fingerprint density at radius 3 is 2.44 bits per heavy atom. The Bertz CT molecular complexity index is 343. The number of carbonyl (C=O) groups is 2. The number of carbonyl (C=O) groups excluding carboxylic acids is 2. The van der Waals surface area contributed by atoms with E-state index < -0.39 is 5.60 Å². The fourth-order valence-corrected chi connectivity index (χ4v) is 2.67. The third kappa shape index (κ3) is 2.83. The topological polar surface area (TPSA) is 60.9 Å². The predicted octanol–water partition coefficient (Wildman–Crippen LogP) is 1.35. The largest absolute Gasteiger partial charge is 0.390 e. The maximum absolute atomic E-state index is 12.2. The summed E-state index contributed by atoms with van der Waals surface area (Å²) in [6.45, 7) is 3.90. The fraction of sp³-hybridized carbons (Fsp3) is 0.846. The molecule has 0 spiro atoms. The summed E-state index contributed by atoms with van der Waals surface area (Å²) < 4.78 is 0. The molecule has 2 aliphatic rings. The molecule has 2 fully saturated rings. The van der Waals surface area contributed by atoms with E-state index in [0.717, 1.165) is 25.7 Å². The second-order valence-corrected chi connectivity index (χ2v) is 5.96. The average molecular weight is 254 g/mol. The van der Waals surface area contributed by atoms with Crippen molar-refractivity contribution in [1.29, 1.82) is 0 Å². The lowest BCUT2D eigenvalue weighted by atomic mass is 10.1. The number of imide groups is 1. The van der Waals surface area contributed by atoms with Crippen LogP contribution in [0.4, 0.5) is 4.79 Å². The van der Waals surface area contributed by atoms with Crippen molar-refractivity contribution in [3.8, 4) is 0 Å². The van der Waals surface area contributed by atoms with Crippen LogP contribution in [0.25, 0.3) is 0 Å². The van der Waals surface area contributed by atoms with Gasteiger partial charge in [0.2, 0.25) is 5.91 Å². The van der Waals surface area contributed by atoms with Crippen LogP contribution in [0.15, 0.2) is 0 Å². The van der Waals surface area contributed by atoms with E-state index in [9.17, 15) is 14.7 Å². The van der Waals surface area contributed by atoms with Crippen molar-refractivity contribution in [3.63, 3.8) is 0 Å². The summed E-state index contributed by atoms with van der Waals surface area (Å²) in [4.78, 5) is 27.0. The Balaban J connectivity index is 1.96. The van der Waals surface area contributed by atoms with Crippen LogP contribution >= 0.6 is 0 Å². The molecule has 18 heavy (non-hydrogen) atoms. The van der Waals surface area contributed by atoms with Gasteiger partial charge in [0.1, 0.15) is 6.54 Å². The molecule has 1 heterocycles. The maximum atomic E-state index is 12.2. The van der Waals surface area contributed by atoms with Crippen LogP contribution in [-0.2, 0) is 4.79 Å². The van der Waals surface area contributed by atoms with Crippen molar-refractivity contribution in [2.75, 3.05) is 13.1 Å². The second kappa shape index (κ2) is 4.88. The zero-order chi connectivity index (χ0) is 13.3. The molecule has 102 valence electrons. The summed E-state index contributed by atoms with van der Waals surface area (Å²) in [6.07, 6.45) is 4.73. The zero-order valence-corrected chi connectivity index (χ0v) is 11.2. The van der Waals surface area contributed by atoms with Gasteiger partial charge in [0.05, 0.1) is 5.60 Å². The highest BCUT2D eigenvalue weighted by molar-refractivity contribution is 6.02. The van der Waals surface area contributed by atoms with Gasteiger partial charge in [-0.05, 0) is 33.1 Å². The molecule has 0 aromatic heterocycles. The van der Waals surface area contributed by atoms with Gasteiger partial charge in [0.15, 0.2) is 0 Å². The highest BCUT2D eigenvalue weighted by atomic mass is 16.3. The van der Waals surface area contributed by atoms with E-state index >= 15 is 0 Å². The standard InChI is InChI=1S/C13H22N2O3/c1-13(2,18)7-8-14-11(16)9-15(12(14)17)10-5-3-4-6-10/h10,18H,3-9H2,1-2H3. The summed E-state index contributed by atoms with van der Waals surface area (Å²) >= 11 is 0. The number of rotatable bonds is 4. The SMILES string of the molecule is CC(C)(O)CCN1C(=O)CN(C2CCCC2)C1=O. The van der Waals surface area contributed by atoms with Gasteiger partial charge < -0.3 is 10.0 Å². The van der Waals surface area contributed by atoms with Crippen molar-refractivity contribution >= 4 is 11.9 Å². The average Bonchev–Trinajstić information content (AvgIpc) is 2.84. The molecule has 0 atom stereocenters. The Labute approximate surface area is 108 Å². The first-order valence-corrected chi connectivity index (χ1v) is 6.72. The van der Waals surface area contributed by atoms with Crippen molar-refractivity contribution in [3.05, 3.63) is 0 Å². The molecule has 1 saturated carbocycles. The molecule has 0 aromatic rings. The Morgan fingerprint density at radius 2 is 1.89 bits per heavy atom. The highest BCUT2D eigenvalue weighted by Crippen LogP contribution is 2.27. The van der Waals surface area contributed by atoms with Gasteiger partial charge in [0.25, 0.3) is 0 Å². The van der Waals surface area contributed by atoms with Crippen LogP contribution in [0.5, 0.6) is 0 Å². The van der Waals surface area contributed by atoms with Gasteiger partial charge in [-0.25, -0.2) is 4.79 Å². The number of aliphatic hydroxyl groups is 1. The lowest BCUT2D eigenvalue weighted by molar-refractivity contribution is -0.125. The highest BCUT2D eigenvalue weighted by Gasteiger charge is 2.40. The van der Waals surface area contributed by atoms with E-state index in [4.69, 9.17) is 0 Å². The smallest absolute Gasteiger partial charge is 0.327 e. The predicted molar refractivity (Wildman–Crippen MR) is 67.0 cm³/mol. The number of amides is 3. The Hall–Kier alpha value is -1.10. The number of hydrogen-bond donors (Lipinski definition) is 1. The monoisotopic (exact) mass is 254 g/mol. The van der Waals surface area contributed by atoms with Gasteiger partial charge >= 0.3 is 6.03 Å². The van der Waals surface area contributed by atoms with Crippen LogP contribution < -0.4 is 0 Å². The number of urea groups is 1. The molecule has 3 amide bonds. The van der Waals surface area contributed by atoms with Crippen LogP contribution in [0.3, 0.4) is 0 Å². The molecule has 0 radical (unpaired) electrons. The van der Waals surface area contributed by atoms with Crippen molar-refractivity contribution in [2.24, 2.45) is 0 Å². The van der Waals surface area contributed by atoms with Gasteiger partial charge in [0, 0.05) is 12.6 Å². The summed E-state index contributed by atoms with van der Waals surface area (Å²) in [5.74, 6) is -0.129. The van der Waals surface area contributed by atoms with E-state index in [1.807, 2.05) is 0 Å². The van der Waals surface area contributed by atoms with E-state index in [2.05, 4.69) is 0 Å². The molecule has 0 bridgehead atoms.